The second-order valence-electron chi connectivity index (χ2n) is 5.70. The highest BCUT2D eigenvalue weighted by molar-refractivity contribution is 6.03. The predicted octanol–water partition coefficient (Wildman–Crippen LogP) is 2.07. The summed E-state index contributed by atoms with van der Waals surface area (Å²) >= 11 is 0. The number of hydrogen-bond acceptors (Lipinski definition) is 3. The number of benzene rings is 1. The van der Waals surface area contributed by atoms with E-state index in [1.54, 1.807) is 30.0 Å². The van der Waals surface area contributed by atoms with Crippen LogP contribution in [0.2, 0.25) is 0 Å². The molecule has 2 aromatic rings. The number of amides is 2. The van der Waals surface area contributed by atoms with Gasteiger partial charge in [0.1, 0.15) is 0 Å². The molecule has 0 saturated carbocycles. The van der Waals surface area contributed by atoms with Crippen molar-refractivity contribution in [3.63, 3.8) is 0 Å². The van der Waals surface area contributed by atoms with Crippen LogP contribution in [0.15, 0.2) is 36.5 Å². The zero-order chi connectivity index (χ0) is 15.7. The van der Waals surface area contributed by atoms with Crippen LogP contribution < -0.4 is 4.90 Å². The van der Waals surface area contributed by atoms with E-state index in [4.69, 9.17) is 0 Å². The zero-order valence-electron chi connectivity index (χ0n) is 12.8. The van der Waals surface area contributed by atoms with E-state index in [1.165, 1.54) is 0 Å². The van der Waals surface area contributed by atoms with Crippen molar-refractivity contribution in [3.8, 4) is 0 Å². The lowest BCUT2D eigenvalue weighted by atomic mass is 10.1. The molecule has 2 heterocycles. The highest BCUT2D eigenvalue weighted by Gasteiger charge is 2.32. The van der Waals surface area contributed by atoms with Crippen molar-refractivity contribution in [1.82, 2.24) is 9.88 Å². The molecular weight excluding hydrogens is 278 g/mol. The summed E-state index contributed by atoms with van der Waals surface area (Å²) in [7, 11) is 1.79. The van der Waals surface area contributed by atoms with Crippen molar-refractivity contribution < 1.29 is 9.59 Å². The van der Waals surface area contributed by atoms with Gasteiger partial charge in [-0.15, -0.1) is 0 Å². The van der Waals surface area contributed by atoms with E-state index in [-0.39, 0.29) is 17.7 Å². The number of anilines is 1. The zero-order valence-corrected chi connectivity index (χ0v) is 12.8. The van der Waals surface area contributed by atoms with E-state index >= 15 is 0 Å². The van der Waals surface area contributed by atoms with Crippen LogP contribution >= 0.6 is 0 Å². The summed E-state index contributed by atoms with van der Waals surface area (Å²) in [4.78, 5) is 31.9. The monoisotopic (exact) mass is 297 g/mol. The van der Waals surface area contributed by atoms with E-state index in [0.717, 1.165) is 23.0 Å². The fraction of sp³-hybridized carbons (Fsp3) is 0.353. The molecule has 22 heavy (non-hydrogen) atoms. The maximum Gasteiger partial charge on any atom is 0.231 e. The van der Waals surface area contributed by atoms with Crippen molar-refractivity contribution in [2.24, 2.45) is 5.92 Å². The number of aromatic nitrogens is 1. The van der Waals surface area contributed by atoms with Crippen LogP contribution in [0.3, 0.4) is 0 Å². The molecule has 1 aliphatic heterocycles. The maximum absolute atomic E-state index is 12.7. The lowest BCUT2D eigenvalue weighted by Crippen LogP contribution is -2.35. The normalized spacial score (nSPS) is 17.7. The summed E-state index contributed by atoms with van der Waals surface area (Å²) in [6.07, 6.45) is 2.47. The molecule has 0 bridgehead atoms. The lowest BCUT2D eigenvalue weighted by Gasteiger charge is -2.22. The van der Waals surface area contributed by atoms with Gasteiger partial charge in [0.25, 0.3) is 0 Å². The molecule has 1 unspecified atom stereocenters. The number of hydrogen-bond donors (Lipinski definition) is 0. The Labute approximate surface area is 129 Å². The third kappa shape index (κ3) is 2.54. The predicted molar refractivity (Wildman–Crippen MR) is 85.5 cm³/mol. The topological polar surface area (TPSA) is 53.5 Å². The van der Waals surface area contributed by atoms with Crippen LogP contribution in [-0.4, -0.2) is 41.8 Å². The standard InChI is InChI=1S/C17H19N3O2/c1-12(21)20-10-8-13(11-20)17(22)19(2)16-7-3-6-15-14(16)5-4-9-18-15/h3-7,9,13H,8,10-11H2,1-2H3. The maximum atomic E-state index is 12.7. The molecule has 0 radical (unpaired) electrons. The van der Waals surface area contributed by atoms with Crippen LogP contribution in [0.4, 0.5) is 5.69 Å². The fourth-order valence-electron chi connectivity index (χ4n) is 3.02. The molecule has 1 atom stereocenters. The molecule has 3 rings (SSSR count). The first-order valence-corrected chi connectivity index (χ1v) is 7.45. The molecule has 5 heteroatoms. The average molecular weight is 297 g/mol. The first kappa shape index (κ1) is 14.5. The van der Waals surface area contributed by atoms with E-state index in [9.17, 15) is 9.59 Å². The Hall–Kier alpha value is -2.43. The summed E-state index contributed by atoms with van der Waals surface area (Å²) in [6.45, 7) is 2.73. The molecule has 2 amide bonds. The minimum absolute atomic E-state index is 0.0345. The lowest BCUT2D eigenvalue weighted by molar-refractivity contribution is -0.128. The molecule has 0 N–H and O–H groups in total. The van der Waals surface area contributed by atoms with Gasteiger partial charge in [0.05, 0.1) is 17.1 Å². The Morgan fingerprint density at radius 2 is 2.09 bits per heavy atom. The van der Waals surface area contributed by atoms with Gasteiger partial charge >= 0.3 is 0 Å². The number of carbonyl (C=O) groups is 2. The van der Waals surface area contributed by atoms with Gasteiger partial charge in [0.15, 0.2) is 0 Å². The summed E-state index contributed by atoms with van der Waals surface area (Å²) < 4.78 is 0. The Kier molecular flexibility index (Phi) is 3.79. The quantitative estimate of drug-likeness (QED) is 0.852. The molecule has 5 nitrogen and oxygen atoms in total. The summed E-state index contributed by atoms with van der Waals surface area (Å²) in [6, 6.07) is 9.62. The highest BCUT2D eigenvalue weighted by atomic mass is 16.2. The van der Waals surface area contributed by atoms with Gasteiger partial charge in [-0.3, -0.25) is 14.6 Å². The molecule has 1 fully saturated rings. The minimum Gasteiger partial charge on any atom is -0.342 e. The summed E-state index contributed by atoms with van der Waals surface area (Å²) in [5.41, 5.74) is 1.73. The first-order chi connectivity index (χ1) is 10.6. The largest absolute Gasteiger partial charge is 0.342 e. The van der Waals surface area contributed by atoms with Gasteiger partial charge in [-0.05, 0) is 30.7 Å². The van der Waals surface area contributed by atoms with Gasteiger partial charge in [0.2, 0.25) is 11.8 Å². The third-order valence-electron chi connectivity index (χ3n) is 4.30. The van der Waals surface area contributed by atoms with Crippen molar-refractivity contribution >= 4 is 28.4 Å². The van der Waals surface area contributed by atoms with Gasteiger partial charge in [-0.1, -0.05) is 6.07 Å². The van der Waals surface area contributed by atoms with Gasteiger partial charge < -0.3 is 9.80 Å². The number of rotatable bonds is 2. The Morgan fingerprint density at radius 3 is 2.82 bits per heavy atom. The van der Waals surface area contributed by atoms with Crippen LogP contribution in [0, 0.1) is 5.92 Å². The number of likely N-dealkylation sites (tertiary alicyclic amines) is 1. The van der Waals surface area contributed by atoms with Crippen LogP contribution in [0.25, 0.3) is 10.9 Å². The molecular formula is C17H19N3O2. The van der Waals surface area contributed by atoms with Crippen LogP contribution in [0.5, 0.6) is 0 Å². The Bertz CT molecular complexity index is 723. The molecule has 1 saturated heterocycles. The van der Waals surface area contributed by atoms with Crippen LogP contribution in [-0.2, 0) is 9.59 Å². The Morgan fingerprint density at radius 1 is 1.27 bits per heavy atom. The van der Waals surface area contributed by atoms with E-state index in [1.807, 2.05) is 30.3 Å². The molecule has 114 valence electrons. The number of pyridine rings is 1. The Balaban J connectivity index is 1.85. The first-order valence-electron chi connectivity index (χ1n) is 7.45. The fourth-order valence-corrected chi connectivity index (χ4v) is 3.02. The SMILES string of the molecule is CC(=O)N1CCC(C(=O)N(C)c2cccc3ncccc23)C1. The van der Waals surface area contributed by atoms with E-state index in [2.05, 4.69) is 4.98 Å². The van der Waals surface area contributed by atoms with Gasteiger partial charge in [-0.25, -0.2) is 0 Å². The highest BCUT2D eigenvalue weighted by Crippen LogP contribution is 2.27. The van der Waals surface area contributed by atoms with E-state index in [0.29, 0.717) is 13.1 Å². The summed E-state index contributed by atoms with van der Waals surface area (Å²) in [5.74, 6) is -0.0340. The number of carbonyl (C=O) groups excluding carboxylic acids is 2. The minimum atomic E-state index is -0.124. The van der Waals surface area contributed by atoms with Crippen molar-refractivity contribution in [2.45, 2.75) is 13.3 Å². The smallest absolute Gasteiger partial charge is 0.231 e. The number of fused-ring (bicyclic) bond motifs is 1. The second-order valence-corrected chi connectivity index (χ2v) is 5.70. The summed E-state index contributed by atoms with van der Waals surface area (Å²) in [5, 5.41) is 0.960. The number of nitrogens with zero attached hydrogens (tertiary/aromatic N) is 3. The van der Waals surface area contributed by atoms with Crippen molar-refractivity contribution in [1.29, 1.82) is 0 Å². The van der Waals surface area contributed by atoms with Gasteiger partial charge in [-0.2, -0.15) is 0 Å². The third-order valence-corrected chi connectivity index (χ3v) is 4.30. The molecule has 1 aromatic carbocycles. The van der Waals surface area contributed by atoms with Crippen molar-refractivity contribution in [3.05, 3.63) is 36.5 Å². The molecule has 0 aliphatic carbocycles. The van der Waals surface area contributed by atoms with Gasteiger partial charge in [0, 0.05) is 38.6 Å². The molecule has 0 spiro atoms. The van der Waals surface area contributed by atoms with E-state index < -0.39 is 0 Å². The second kappa shape index (κ2) is 5.75. The van der Waals surface area contributed by atoms with Crippen LogP contribution in [0.1, 0.15) is 13.3 Å². The molecule has 1 aliphatic rings. The average Bonchev–Trinajstić information content (AvgIpc) is 3.03. The molecule has 1 aromatic heterocycles. The van der Waals surface area contributed by atoms with Crippen molar-refractivity contribution in [2.75, 3.05) is 25.0 Å².